The van der Waals surface area contributed by atoms with Gasteiger partial charge in [0, 0.05) is 45.0 Å². The molecule has 7 heteroatoms. The lowest BCUT2D eigenvalue weighted by Crippen LogP contribution is -2.43. The first kappa shape index (κ1) is 22.3. The molecule has 0 bridgehead atoms. The minimum absolute atomic E-state index is 0.0262. The van der Waals surface area contributed by atoms with Gasteiger partial charge in [-0.2, -0.15) is 0 Å². The highest BCUT2D eigenvalue weighted by atomic mass is 32.2. The van der Waals surface area contributed by atoms with Crippen molar-refractivity contribution in [1.29, 1.82) is 0 Å². The molecule has 1 atom stereocenters. The van der Waals surface area contributed by atoms with E-state index >= 15 is 0 Å². The molecule has 2 aromatic rings. The largest absolute Gasteiger partial charge is 0.379 e. The summed E-state index contributed by atoms with van der Waals surface area (Å²) in [5.41, 5.74) is 6.64. The zero-order valence-electron chi connectivity index (χ0n) is 18.9. The number of benzene rings is 2. The van der Waals surface area contributed by atoms with Crippen molar-refractivity contribution in [1.82, 2.24) is 9.62 Å². The Bertz CT molecular complexity index is 1060. The molecule has 2 aliphatic rings. The Morgan fingerprint density at radius 2 is 1.71 bits per heavy atom. The SMILES string of the molecule is Cc1cc(C)c(S(=O)(=O)NC[C@H](c2ccc3c(c2)CCN3C)N2CCOCC2)cc1C. The van der Waals surface area contributed by atoms with Crippen LogP contribution in [0.15, 0.2) is 35.2 Å². The number of aryl methyl sites for hydroxylation is 3. The zero-order valence-corrected chi connectivity index (χ0v) is 19.8. The van der Waals surface area contributed by atoms with Gasteiger partial charge in [-0.25, -0.2) is 13.1 Å². The summed E-state index contributed by atoms with van der Waals surface area (Å²) in [7, 11) is -1.49. The highest BCUT2D eigenvalue weighted by Gasteiger charge is 2.27. The van der Waals surface area contributed by atoms with Gasteiger partial charge in [0.2, 0.25) is 10.0 Å². The van der Waals surface area contributed by atoms with E-state index in [1.165, 1.54) is 11.3 Å². The van der Waals surface area contributed by atoms with Gasteiger partial charge in [-0.1, -0.05) is 18.2 Å². The molecule has 0 amide bonds. The van der Waals surface area contributed by atoms with Gasteiger partial charge in [-0.15, -0.1) is 0 Å². The number of sulfonamides is 1. The third-order valence-electron chi connectivity index (χ3n) is 6.65. The molecular weight excluding hydrogens is 410 g/mol. The van der Waals surface area contributed by atoms with Crippen LogP contribution in [-0.2, 0) is 21.2 Å². The van der Waals surface area contributed by atoms with Crippen molar-refractivity contribution in [2.45, 2.75) is 38.1 Å². The van der Waals surface area contributed by atoms with Gasteiger partial charge in [0.25, 0.3) is 0 Å². The average Bonchev–Trinajstić information content (AvgIpc) is 3.12. The Morgan fingerprint density at radius 3 is 2.45 bits per heavy atom. The lowest BCUT2D eigenvalue weighted by atomic mass is 10.0. The van der Waals surface area contributed by atoms with Crippen molar-refractivity contribution >= 4 is 15.7 Å². The molecule has 168 valence electrons. The number of nitrogens with one attached hydrogen (secondary N) is 1. The Hall–Kier alpha value is -1.93. The predicted octanol–water partition coefficient (Wildman–Crippen LogP) is 2.96. The van der Waals surface area contributed by atoms with Crippen molar-refractivity contribution in [3.63, 3.8) is 0 Å². The normalized spacial score (nSPS) is 18.3. The Kier molecular flexibility index (Phi) is 6.40. The third-order valence-corrected chi connectivity index (χ3v) is 8.22. The quantitative estimate of drug-likeness (QED) is 0.744. The summed E-state index contributed by atoms with van der Waals surface area (Å²) in [6.07, 6.45) is 1.03. The molecule has 0 radical (unpaired) electrons. The van der Waals surface area contributed by atoms with E-state index in [-0.39, 0.29) is 6.04 Å². The van der Waals surface area contributed by atoms with Crippen LogP contribution in [0.5, 0.6) is 0 Å². The average molecular weight is 444 g/mol. The Balaban J connectivity index is 1.60. The van der Waals surface area contributed by atoms with Crippen LogP contribution < -0.4 is 9.62 Å². The molecule has 2 aromatic carbocycles. The van der Waals surface area contributed by atoms with Gasteiger partial charge in [0.15, 0.2) is 0 Å². The molecule has 1 N–H and O–H groups in total. The highest BCUT2D eigenvalue weighted by Crippen LogP contribution is 2.31. The first-order valence-corrected chi connectivity index (χ1v) is 12.5. The summed E-state index contributed by atoms with van der Waals surface area (Å²) >= 11 is 0. The lowest BCUT2D eigenvalue weighted by Gasteiger charge is -2.35. The van der Waals surface area contributed by atoms with Crippen molar-refractivity contribution in [2.24, 2.45) is 0 Å². The summed E-state index contributed by atoms with van der Waals surface area (Å²) < 4.78 is 34.9. The molecule has 31 heavy (non-hydrogen) atoms. The van der Waals surface area contributed by atoms with E-state index in [1.54, 1.807) is 6.07 Å². The number of anilines is 1. The van der Waals surface area contributed by atoms with E-state index in [9.17, 15) is 8.42 Å². The van der Waals surface area contributed by atoms with Gasteiger partial charge >= 0.3 is 0 Å². The topological polar surface area (TPSA) is 61.9 Å². The number of rotatable bonds is 6. The maximum Gasteiger partial charge on any atom is 0.240 e. The van der Waals surface area contributed by atoms with Crippen LogP contribution in [0.2, 0.25) is 0 Å². The standard InChI is InChI=1S/C24H33N3O3S/c1-17-13-19(3)24(14-18(17)2)31(28,29)25-16-23(27-9-11-30-12-10-27)20-5-6-22-21(15-20)7-8-26(22)4/h5-6,13-15,23,25H,7-12,16H2,1-4H3/t23-/m1/s1. The summed E-state index contributed by atoms with van der Waals surface area (Å²) in [6, 6.07) is 10.3. The summed E-state index contributed by atoms with van der Waals surface area (Å²) in [5.74, 6) is 0. The number of likely N-dealkylation sites (N-methyl/N-ethyl adjacent to an activating group) is 1. The predicted molar refractivity (Wildman–Crippen MR) is 124 cm³/mol. The van der Waals surface area contributed by atoms with Crippen LogP contribution in [0.25, 0.3) is 0 Å². The zero-order chi connectivity index (χ0) is 22.2. The first-order chi connectivity index (χ1) is 14.8. The van der Waals surface area contributed by atoms with Crippen LogP contribution in [0, 0.1) is 20.8 Å². The molecule has 1 saturated heterocycles. The second kappa shape index (κ2) is 8.90. The number of fused-ring (bicyclic) bond motifs is 1. The van der Waals surface area contributed by atoms with Crippen LogP contribution in [0.3, 0.4) is 0 Å². The van der Waals surface area contributed by atoms with Crippen LogP contribution in [-0.4, -0.2) is 59.8 Å². The Morgan fingerprint density at radius 1 is 1.00 bits per heavy atom. The van der Waals surface area contributed by atoms with E-state index in [1.807, 2.05) is 26.8 Å². The molecule has 0 saturated carbocycles. The van der Waals surface area contributed by atoms with Crippen molar-refractivity contribution in [3.05, 3.63) is 58.1 Å². The van der Waals surface area contributed by atoms with Gasteiger partial charge in [0.05, 0.1) is 18.1 Å². The molecule has 2 heterocycles. The van der Waals surface area contributed by atoms with Gasteiger partial charge < -0.3 is 9.64 Å². The number of hydrogen-bond donors (Lipinski definition) is 1. The summed E-state index contributed by atoms with van der Waals surface area (Å²) in [5, 5.41) is 0. The fourth-order valence-corrected chi connectivity index (χ4v) is 5.98. The van der Waals surface area contributed by atoms with Crippen LogP contribution in [0.1, 0.15) is 33.9 Å². The van der Waals surface area contributed by atoms with Gasteiger partial charge in [-0.3, -0.25) is 4.90 Å². The first-order valence-electron chi connectivity index (χ1n) is 11.0. The molecule has 2 aliphatic heterocycles. The maximum atomic E-state index is 13.2. The van der Waals surface area contributed by atoms with E-state index in [4.69, 9.17) is 4.74 Å². The lowest BCUT2D eigenvalue weighted by molar-refractivity contribution is 0.0172. The maximum absolute atomic E-state index is 13.2. The molecule has 6 nitrogen and oxygen atoms in total. The fourth-order valence-electron chi connectivity index (χ4n) is 4.63. The molecule has 0 unspecified atom stereocenters. The number of morpholine rings is 1. The second-order valence-electron chi connectivity index (χ2n) is 8.78. The second-order valence-corrected chi connectivity index (χ2v) is 10.5. The smallest absolute Gasteiger partial charge is 0.240 e. The van der Waals surface area contributed by atoms with Crippen LogP contribution in [0.4, 0.5) is 5.69 Å². The van der Waals surface area contributed by atoms with Gasteiger partial charge in [-0.05, 0) is 67.1 Å². The minimum Gasteiger partial charge on any atom is -0.379 e. The van der Waals surface area contributed by atoms with E-state index in [0.717, 1.165) is 48.3 Å². The summed E-state index contributed by atoms with van der Waals surface area (Å²) in [6.45, 7) is 10.1. The molecule has 0 aromatic heterocycles. The number of nitrogens with zero attached hydrogens (tertiary/aromatic N) is 2. The Labute approximate surface area is 186 Å². The van der Waals surface area contributed by atoms with E-state index < -0.39 is 10.0 Å². The fraction of sp³-hybridized carbons (Fsp3) is 0.500. The number of ether oxygens (including phenoxy) is 1. The molecule has 0 spiro atoms. The monoisotopic (exact) mass is 443 g/mol. The molecule has 4 rings (SSSR count). The third kappa shape index (κ3) is 4.65. The van der Waals surface area contributed by atoms with E-state index in [2.05, 4.69) is 39.8 Å². The van der Waals surface area contributed by atoms with Crippen molar-refractivity contribution < 1.29 is 13.2 Å². The molecule has 1 fully saturated rings. The van der Waals surface area contributed by atoms with Crippen molar-refractivity contribution in [2.75, 3.05) is 51.3 Å². The van der Waals surface area contributed by atoms with Gasteiger partial charge in [0.1, 0.15) is 0 Å². The number of hydrogen-bond acceptors (Lipinski definition) is 5. The van der Waals surface area contributed by atoms with Crippen molar-refractivity contribution in [3.8, 4) is 0 Å². The van der Waals surface area contributed by atoms with Crippen LogP contribution >= 0.6 is 0 Å². The molecule has 0 aliphatic carbocycles. The minimum atomic E-state index is -3.61. The molecular formula is C24H33N3O3S. The highest BCUT2D eigenvalue weighted by molar-refractivity contribution is 7.89. The van der Waals surface area contributed by atoms with E-state index in [0.29, 0.717) is 24.7 Å². The summed E-state index contributed by atoms with van der Waals surface area (Å²) in [4.78, 5) is 4.97.